The maximum atomic E-state index is 10.6. The highest BCUT2D eigenvalue weighted by molar-refractivity contribution is 6.32. The molecule has 2 rings (SSSR count). The van der Waals surface area contributed by atoms with Crippen molar-refractivity contribution in [1.82, 2.24) is 0 Å². The molecule has 1 aliphatic rings. The number of ether oxygens (including phenoxy) is 2. The summed E-state index contributed by atoms with van der Waals surface area (Å²) in [5.41, 5.74) is -0.508. The van der Waals surface area contributed by atoms with E-state index in [1.807, 2.05) is 0 Å². The summed E-state index contributed by atoms with van der Waals surface area (Å²) in [6.07, 6.45) is 0. The maximum absolute atomic E-state index is 10.6. The monoisotopic (exact) mass is 273 g/mol. The van der Waals surface area contributed by atoms with Gasteiger partial charge in [0.2, 0.25) is 0 Å². The van der Waals surface area contributed by atoms with E-state index in [-0.39, 0.29) is 24.7 Å². The van der Waals surface area contributed by atoms with Crippen molar-refractivity contribution in [3.05, 3.63) is 33.3 Å². The number of aliphatic hydroxyl groups is 1. The van der Waals surface area contributed by atoms with E-state index in [4.69, 9.17) is 21.1 Å². The molecule has 0 atom stereocenters. The van der Waals surface area contributed by atoms with Crippen molar-refractivity contribution in [3.63, 3.8) is 0 Å². The van der Waals surface area contributed by atoms with E-state index in [9.17, 15) is 15.2 Å². The highest BCUT2D eigenvalue weighted by Crippen LogP contribution is 2.32. The molecule has 18 heavy (non-hydrogen) atoms. The number of aliphatic hydroxyl groups excluding tert-OH is 1. The summed E-state index contributed by atoms with van der Waals surface area (Å²) in [5.74, 6) is 0.241. The molecule has 1 aromatic carbocycles. The maximum Gasteiger partial charge on any atom is 0.273 e. The fraction of sp³-hybridized carbons (Fsp3) is 0.455. The molecule has 1 fully saturated rings. The Balaban J connectivity index is 2.08. The number of halogens is 1. The van der Waals surface area contributed by atoms with Gasteiger partial charge in [0.05, 0.1) is 41.2 Å². The minimum absolute atomic E-state index is 0.0560. The summed E-state index contributed by atoms with van der Waals surface area (Å²) in [5, 5.41) is 20.2. The molecule has 0 amide bonds. The van der Waals surface area contributed by atoms with Crippen LogP contribution < -0.4 is 4.74 Å². The first-order chi connectivity index (χ1) is 8.56. The second-order valence-electron chi connectivity index (χ2n) is 4.31. The zero-order valence-electron chi connectivity index (χ0n) is 9.47. The Morgan fingerprint density at radius 1 is 1.56 bits per heavy atom. The Hall–Kier alpha value is -1.37. The van der Waals surface area contributed by atoms with Crippen LogP contribution in [-0.2, 0) is 4.74 Å². The minimum Gasteiger partial charge on any atom is -0.491 e. The zero-order valence-corrected chi connectivity index (χ0v) is 10.2. The van der Waals surface area contributed by atoms with Gasteiger partial charge in [-0.3, -0.25) is 10.1 Å². The average Bonchev–Trinajstić information content (AvgIpc) is 2.30. The molecule has 7 heteroatoms. The molecule has 1 saturated heterocycles. The topological polar surface area (TPSA) is 81.8 Å². The summed E-state index contributed by atoms with van der Waals surface area (Å²) in [6, 6.07) is 3.99. The van der Waals surface area contributed by atoms with Gasteiger partial charge in [0.25, 0.3) is 5.69 Å². The largest absolute Gasteiger partial charge is 0.491 e. The molecule has 1 N–H and O–H groups in total. The van der Waals surface area contributed by atoms with E-state index in [0.717, 1.165) is 0 Å². The van der Waals surface area contributed by atoms with E-state index in [2.05, 4.69) is 0 Å². The number of nitrogens with zero attached hydrogens (tertiary/aromatic N) is 1. The number of rotatable bonds is 5. The van der Waals surface area contributed by atoms with Gasteiger partial charge in [0.1, 0.15) is 12.4 Å². The summed E-state index contributed by atoms with van der Waals surface area (Å²) < 4.78 is 10.5. The van der Waals surface area contributed by atoms with Crippen LogP contribution in [0.3, 0.4) is 0 Å². The summed E-state index contributed by atoms with van der Waals surface area (Å²) in [4.78, 5) is 10.1. The lowest BCUT2D eigenvalue weighted by atomic mass is 9.88. The second kappa shape index (κ2) is 5.09. The summed E-state index contributed by atoms with van der Waals surface area (Å²) >= 11 is 5.89. The molecular weight excluding hydrogens is 262 g/mol. The van der Waals surface area contributed by atoms with E-state index in [1.165, 1.54) is 18.2 Å². The zero-order chi connectivity index (χ0) is 13.2. The van der Waals surface area contributed by atoms with E-state index in [1.54, 1.807) is 0 Å². The van der Waals surface area contributed by atoms with Gasteiger partial charge >= 0.3 is 0 Å². The van der Waals surface area contributed by atoms with E-state index < -0.39 is 10.3 Å². The third kappa shape index (κ3) is 2.55. The smallest absolute Gasteiger partial charge is 0.273 e. The Kier molecular flexibility index (Phi) is 3.70. The number of hydrogen-bond donors (Lipinski definition) is 1. The third-order valence-corrected chi connectivity index (χ3v) is 3.12. The highest BCUT2D eigenvalue weighted by Gasteiger charge is 2.39. The molecule has 98 valence electrons. The normalized spacial score (nSPS) is 17.0. The lowest BCUT2D eigenvalue weighted by Gasteiger charge is -2.39. The highest BCUT2D eigenvalue weighted by atomic mass is 35.5. The van der Waals surface area contributed by atoms with Gasteiger partial charge in [-0.25, -0.2) is 0 Å². The number of benzene rings is 1. The minimum atomic E-state index is -0.516. The van der Waals surface area contributed by atoms with Crippen LogP contribution in [0, 0.1) is 15.5 Å². The molecule has 0 aliphatic carbocycles. The van der Waals surface area contributed by atoms with Crippen LogP contribution in [0.25, 0.3) is 0 Å². The van der Waals surface area contributed by atoms with Gasteiger partial charge in [-0.05, 0) is 6.07 Å². The van der Waals surface area contributed by atoms with E-state index in [0.29, 0.717) is 18.2 Å². The van der Waals surface area contributed by atoms with Crippen LogP contribution in [0.4, 0.5) is 5.69 Å². The van der Waals surface area contributed by atoms with Gasteiger partial charge in [0.15, 0.2) is 0 Å². The molecule has 0 spiro atoms. The second-order valence-corrected chi connectivity index (χ2v) is 4.72. The average molecular weight is 274 g/mol. The van der Waals surface area contributed by atoms with Crippen molar-refractivity contribution in [2.45, 2.75) is 0 Å². The van der Waals surface area contributed by atoms with Crippen LogP contribution >= 0.6 is 11.6 Å². The summed E-state index contributed by atoms with van der Waals surface area (Å²) in [7, 11) is 0. The van der Waals surface area contributed by atoms with Crippen LogP contribution in [0.1, 0.15) is 0 Å². The molecular formula is C11H12ClNO5. The molecule has 0 radical (unpaired) electrons. The van der Waals surface area contributed by atoms with Crippen LogP contribution in [0.5, 0.6) is 5.75 Å². The number of hydrogen-bond acceptors (Lipinski definition) is 5. The van der Waals surface area contributed by atoms with Gasteiger partial charge in [-0.15, -0.1) is 0 Å². The van der Waals surface area contributed by atoms with Crippen molar-refractivity contribution < 1.29 is 19.5 Å². The standard InChI is InChI=1S/C11H12ClNO5/c12-9-2-1-8(13(15)16)3-10(9)18-7-11(4-14)5-17-6-11/h1-3,14H,4-7H2. The van der Waals surface area contributed by atoms with Crippen LogP contribution in [0.15, 0.2) is 18.2 Å². The Morgan fingerprint density at radius 3 is 2.78 bits per heavy atom. The van der Waals surface area contributed by atoms with Crippen LogP contribution in [-0.4, -0.2) is 36.5 Å². The van der Waals surface area contributed by atoms with Gasteiger partial charge < -0.3 is 14.6 Å². The molecule has 1 aromatic rings. The van der Waals surface area contributed by atoms with Crippen molar-refractivity contribution in [2.24, 2.45) is 5.41 Å². The molecule has 1 aliphatic heterocycles. The molecule has 6 nitrogen and oxygen atoms in total. The fourth-order valence-corrected chi connectivity index (χ4v) is 1.73. The first kappa shape index (κ1) is 13.1. The van der Waals surface area contributed by atoms with Crippen molar-refractivity contribution >= 4 is 17.3 Å². The Labute approximate surface area is 108 Å². The van der Waals surface area contributed by atoms with Gasteiger partial charge in [-0.1, -0.05) is 11.6 Å². The number of nitro benzene ring substituents is 1. The molecule has 0 saturated carbocycles. The quantitative estimate of drug-likeness (QED) is 0.651. The van der Waals surface area contributed by atoms with Crippen molar-refractivity contribution in [3.8, 4) is 5.75 Å². The van der Waals surface area contributed by atoms with Gasteiger partial charge in [-0.2, -0.15) is 0 Å². The van der Waals surface area contributed by atoms with E-state index >= 15 is 0 Å². The first-order valence-electron chi connectivity index (χ1n) is 5.32. The van der Waals surface area contributed by atoms with Crippen molar-refractivity contribution in [2.75, 3.05) is 26.4 Å². The lowest BCUT2D eigenvalue weighted by Crippen LogP contribution is -2.49. The lowest BCUT2D eigenvalue weighted by molar-refractivity contribution is -0.384. The Morgan fingerprint density at radius 2 is 2.28 bits per heavy atom. The number of nitro groups is 1. The molecule has 0 aromatic heterocycles. The molecule has 1 heterocycles. The third-order valence-electron chi connectivity index (χ3n) is 2.81. The molecule has 0 unspecified atom stereocenters. The molecule has 0 bridgehead atoms. The Bertz CT molecular complexity index is 455. The first-order valence-corrected chi connectivity index (χ1v) is 5.69. The summed E-state index contributed by atoms with van der Waals surface area (Å²) in [6.45, 7) is 0.982. The SMILES string of the molecule is O=[N+]([O-])c1ccc(Cl)c(OCC2(CO)COC2)c1. The number of non-ortho nitro benzene ring substituents is 1. The predicted molar refractivity (Wildman–Crippen MR) is 63.9 cm³/mol. The van der Waals surface area contributed by atoms with Crippen LogP contribution in [0.2, 0.25) is 5.02 Å². The predicted octanol–water partition coefficient (Wildman–Crippen LogP) is 1.64. The fourth-order valence-electron chi connectivity index (χ4n) is 1.56. The van der Waals surface area contributed by atoms with Gasteiger partial charge in [0, 0.05) is 6.07 Å². The van der Waals surface area contributed by atoms with Crippen molar-refractivity contribution in [1.29, 1.82) is 0 Å².